The van der Waals surface area contributed by atoms with Gasteiger partial charge in [-0.05, 0) is 12.0 Å². The van der Waals surface area contributed by atoms with Crippen molar-refractivity contribution in [2.75, 3.05) is 13.6 Å². The Bertz CT molecular complexity index is 228. The molecule has 1 rings (SSSR count). The first-order valence-corrected chi connectivity index (χ1v) is 4.04. The van der Waals surface area contributed by atoms with Crippen LogP contribution in [-0.4, -0.2) is 18.3 Å². The summed E-state index contributed by atoms with van der Waals surface area (Å²) in [5.74, 6) is 0. The van der Waals surface area contributed by atoms with E-state index >= 15 is 0 Å². The van der Waals surface area contributed by atoms with Crippen molar-refractivity contribution < 1.29 is 4.70 Å². The Balaban J connectivity index is 3.03. The summed E-state index contributed by atoms with van der Waals surface area (Å²) in [5, 5.41) is 4.32. The monoisotopic (exact) mass is 153 g/mol. The Morgan fingerprint density at radius 2 is 1.91 bits per heavy atom. The molecule has 62 valence electrons. The van der Waals surface area contributed by atoms with Crippen LogP contribution in [0.3, 0.4) is 0 Å². The Kier molecular flexibility index (Phi) is 1.87. The van der Waals surface area contributed by atoms with Crippen LogP contribution >= 0.6 is 0 Å². The van der Waals surface area contributed by atoms with Crippen LogP contribution in [0.5, 0.6) is 0 Å². The zero-order valence-corrected chi connectivity index (χ0v) is 8.10. The highest BCUT2D eigenvalue weighted by molar-refractivity contribution is 5.14. The molecule has 1 aliphatic heterocycles. The minimum absolute atomic E-state index is 0.235. The van der Waals surface area contributed by atoms with E-state index in [1.54, 1.807) is 0 Å². The van der Waals surface area contributed by atoms with E-state index < -0.39 is 0 Å². The number of nitrogens with zero attached hydrogens (tertiary/aromatic N) is 2. The average molecular weight is 153 g/mol. The Morgan fingerprint density at radius 3 is 2.09 bits per heavy atom. The van der Waals surface area contributed by atoms with Crippen molar-refractivity contribution in [1.82, 2.24) is 0 Å². The molecule has 0 aromatic rings. The summed E-state index contributed by atoms with van der Waals surface area (Å²) in [6.07, 6.45) is 0. The van der Waals surface area contributed by atoms with Gasteiger partial charge in [-0.3, -0.25) is 0 Å². The molecule has 0 saturated heterocycles. The van der Waals surface area contributed by atoms with E-state index in [1.165, 1.54) is 11.3 Å². The van der Waals surface area contributed by atoms with E-state index in [-0.39, 0.29) is 5.41 Å². The highest BCUT2D eigenvalue weighted by Gasteiger charge is 2.32. The predicted octanol–water partition coefficient (Wildman–Crippen LogP) is 2.41. The topological polar surface area (TPSA) is 15.4 Å². The summed E-state index contributed by atoms with van der Waals surface area (Å²) < 4.78 is 2.01. The van der Waals surface area contributed by atoms with Crippen LogP contribution in [-0.2, 0) is 0 Å². The van der Waals surface area contributed by atoms with E-state index in [9.17, 15) is 0 Å². The van der Waals surface area contributed by atoms with Gasteiger partial charge in [0.15, 0.2) is 7.05 Å². The second kappa shape index (κ2) is 2.43. The molecule has 0 atom stereocenters. The fraction of sp³-hybridized carbons (Fsp3) is 0.778. The predicted molar refractivity (Wildman–Crippen MR) is 45.6 cm³/mol. The van der Waals surface area contributed by atoms with Crippen LogP contribution in [0.4, 0.5) is 0 Å². The van der Waals surface area contributed by atoms with Gasteiger partial charge in [0.25, 0.3) is 0 Å². The summed E-state index contributed by atoms with van der Waals surface area (Å²) in [6.45, 7) is 9.71. The molecule has 0 aromatic carbocycles. The third kappa shape index (κ3) is 1.50. The molecule has 0 unspecified atom stereocenters. The third-order valence-electron chi connectivity index (χ3n) is 1.96. The number of hydrogen-bond acceptors (Lipinski definition) is 1. The van der Waals surface area contributed by atoms with E-state index in [4.69, 9.17) is 0 Å². The standard InChI is InChI=1S/C9H17N2/c1-7-6-10-11(5)8(7)9(2,3)4/h6H2,1-5H3/q+1. The molecule has 2 heteroatoms. The molecule has 0 amide bonds. The smallest absolute Gasteiger partial charge is 0.0950 e. The lowest BCUT2D eigenvalue weighted by molar-refractivity contribution is -0.521. The summed E-state index contributed by atoms with van der Waals surface area (Å²) in [4.78, 5) is 0. The van der Waals surface area contributed by atoms with Gasteiger partial charge in [-0.2, -0.15) is 0 Å². The maximum atomic E-state index is 4.32. The largest absolute Gasteiger partial charge is 0.214 e. The van der Waals surface area contributed by atoms with E-state index in [2.05, 4.69) is 32.8 Å². The van der Waals surface area contributed by atoms with Gasteiger partial charge >= 0.3 is 0 Å². The Hall–Kier alpha value is -0.660. The number of rotatable bonds is 0. The first kappa shape index (κ1) is 8.44. The zero-order chi connectivity index (χ0) is 8.65. The lowest BCUT2D eigenvalue weighted by atomic mass is 9.89. The lowest BCUT2D eigenvalue weighted by Crippen LogP contribution is -2.17. The molecule has 0 spiro atoms. The van der Waals surface area contributed by atoms with Crippen LogP contribution in [0.15, 0.2) is 16.4 Å². The molecule has 1 aliphatic rings. The molecule has 2 nitrogen and oxygen atoms in total. The zero-order valence-electron chi connectivity index (χ0n) is 8.10. The summed E-state index contributed by atoms with van der Waals surface area (Å²) >= 11 is 0. The van der Waals surface area contributed by atoms with Gasteiger partial charge < -0.3 is 0 Å². The van der Waals surface area contributed by atoms with Crippen molar-refractivity contribution >= 4 is 0 Å². The van der Waals surface area contributed by atoms with E-state index in [1.807, 2.05) is 11.7 Å². The maximum Gasteiger partial charge on any atom is 0.214 e. The maximum absolute atomic E-state index is 4.32. The van der Waals surface area contributed by atoms with Crippen LogP contribution in [0.25, 0.3) is 0 Å². The number of allylic oxidation sites excluding steroid dienone is 1. The van der Waals surface area contributed by atoms with Crippen LogP contribution in [0.2, 0.25) is 0 Å². The van der Waals surface area contributed by atoms with Crippen LogP contribution in [0.1, 0.15) is 27.7 Å². The molecule has 0 bridgehead atoms. The van der Waals surface area contributed by atoms with Gasteiger partial charge in [0.2, 0.25) is 5.70 Å². The van der Waals surface area contributed by atoms with Gasteiger partial charge in [-0.25, -0.2) is 0 Å². The van der Waals surface area contributed by atoms with Gasteiger partial charge in [0.1, 0.15) is 6.54 Å². The summed E-state index contributed by atoms with van der Waals surface area (Å²) in [6, 6.07) is 0. The quantitative estimate of drug-likeness (QED) is 0.475. The molecule has 0 aliphatic carbocycles. The molecular weight excluding hydrogens is 136 g/mol. The third-order valence-corrected chi connectivity index (χ3v) is 1.96. The molecule has 1 heterocycles. The molecular formula is C9H17N2+. The SMILES string of the molecule is CC1=C(C(C)(C)C)[N+](C)=NC1. The lowest BCUT2D eigenvalue weighted by Gasteiger charge is -2.14. The molecule has 11 heavy (non-hydrogen) atoms. The van der Waals surface area contributed by atoms with Crippen molar-refractivity contribution in [1.29, 1.82) is 0 Å². The van der Waals surface area contributed by atoms with Gasteiger partial charge in [-0.15, -0.1) is 0 Å². The fourth-order valence-corrected chi connectivity index (χ4v) is 1.76. The highest BCUT2D eigenvalue weighted by Crippen LogP contribution is 2.31. The second-order valence-corrected chi connectivity index (χ2v) is 4.20. The van der Waals surface area contributed by atoms with Crippen molar-refractivity contribution in [2.45, 2.75) is 27.7 Å². The van der Waals surface area contributed by atoms with Crippen LogP contribution < -0.4 is 0 Å². The van der Waals surface area contributed by atoms with Gasteiger partial charge in [0, 0.05) is 11.0 Å². The van der Waals surface area contributed by atoms with Crippen molar-refractivity contribution in [3.05, 3.63) is 11.3 Å². The molecule has 0 saturated carbocycles. The molecule has 0 aromatic heterocycles. The second-order valence-electron chi connectivity index (χ2n) is 4.20. The van der Waals surface area contributed by atoms with Gasteiger partial charge in [-0.1, -0.05) is 25.5 Å². The molecule has 0 radical (unpaired) electrons. The Labute approximate surface area is 68.6 Å². The minimum Gasteiger partial charge on any atom is -0.0950 e. The average Bonchev–Trinajstić information content (AvgIpc) is 2.08. The van der Waals surface area contributed by atoms with Crippen LogP contribution in [0, 0.1) is 5.41 Å². The molecule has 0 N–H and O–H groups in total. The summed E-state index contributed by atoms with van der Waals surface area (Å²) in [5.41, 5.74) is 3.01. The normalized spacial score (nSPS) is 19.2. The minimum atomic E-state index is 0.235. The first-order chi connectivity index (χ1) is 4.93. The van der Waals surface area contributed by atoms with Crippen molar-refractivity contribution in [3.63, 3.8) is 0 Å². The molecule has 0 fully saturated rings. The van der Waals surface area contributed by atoms with E-state index in [0.29, 0.717) is 0 Å². The first-order valence-electron chi connectivity index (χ1n) is 4.04. The fourth-order valence-electron chi connectivity index (χ4n) is 1.76. The Morgan fingerprint density at radius 1 is 1.36 bits per heavy atom. The van der Waals surface area contributed by atoms with Crippen molar-refractivity contribution in [3.8, 4) is 0 Å². The van der Waals surface area contributed by atoms with Crippen molar-refractivity contribution in [2.24, 2.45) is 10.5 Å². The number of hydrogen-bond donors (Lipinski definition) is 0. The highest BCUT2D eigenvalue weighted by atomic mass is 15.3. The van der Waals surface area contributed by atoms with Gasteiger partial charge in [0.05, 0.1) is 0 Å². The summed E-state index contributed by atoms with van der Waals surface area (Å²) in [7, 11) is 2.02. The van der Waals surface area contributed by atoms with E-state index in [0.717, 1.165) is 6.54 Å². The number of azo groups is 2.